The standard InChI is InChI=1S/C17H18N4O6S2/c1-28(24,25)19-14-8-6-12(7-9-14)16-11-17(20(18-16)29(2,26)27)13-4-3-5-15(10-13)21(22)23/h3-10,17,19H,11H2,1-2H3/t17-/m0/s1. The molecular weight excluding hydrogens is 420 g/mol. The van der Waals surface area contributed by atoms with Gasteiger partial charge in [0.1, 0.15) is 0 Å². The molecule has 1 heterocycles. The number of nitro benzene ring substituents is 1. The predicted molar refractivity (Wildman–Crippen MR) is 109 cm³/mol. The van der Waals surface area contributed by atoms with Crippen LogP contribution in [-0.2, 0) is 20.0 Å². The predicted octanol–water partition coefficient (Wildman–Crippen LogP) is 2.08. The minimum absolute atomic E-state index is 0.138. The maximum Gasteiger partial charge on any atom is 0.269 e. The Balaban J connectivity index is 1.94. The molecule has 0 bridgehead atoms. The van der Waals surface area contributed by atoms with Crippen molar-refractivity contribution in [2.45, 2.75) is 12.5 Å². The second kappa shape index (κ2) is 7.44. The lowest BCUT2D eigenvalue weighted by molar-refractivity contribution is -0.384. The molecule has 0 radical (unpaired) electrons. The Kier molecular flexibility index (Phi) is 5.32. The van der Waals surface area contributed by atoms with Crippen molar-refractivity contribution in [3.8, 4) is 0 Å². The Bertz CT molecular complexity index is 1190. The van der Waals surface area contributed by atoms with Crippen molar-refractivity contribution in [1.29, 1.82) is 0 Å². The Morgan fingerprint density at radius 1 is 1.10 bits per heavy atom. The number of sulfonamides is 2. The fraction of sp³-hybridized carbons (Fsp3) is 0.235. The van der Waals surface area contributed by atoms with Gasteiger partial charge in [-0.05, 0) is 23.3 Å². The van der Waals surface area contributed by atoms with Crippen LogP contribution in [0.3, 0.4) is 0 Å². The number of hydrazone groups is 1. The molecule has 0 saturated carbocycles. The lowest BCUT2D eigenvalue weighted by Crippen LogP contribution is -2.25. The van der Waals surface area contributed by atoms with Crippen LogP contribution in [-0.4, -0.2) is 44.4 Å². The molecule has 29 heavy (non-hydrogen) atoms. The molecule has 154 valence electrons. The van der Waals surface area contributed by atoms with Crippen LogP contribution in [0.5, 0.6) is 0 Å². The van der Waals surface area contributed by atoms with Crippen molar-refractivity contribution in [3.05, 3.63) is 69.8 Å². The largest absolute Gasteiger partial charge is 0.284 e. The molecule has 2 aromatic carbocycles. The molecule has 1 atom stereocenters. The summed E-state index contributed by atoms with van der Waals surface area (Å²) in [6, 6.07) is 11.4. The van der Waals surface area contributed by atoms with Crippen LogP contribution in [0.4, 0.5) is 11.4 Å². The minimum Gasteiger partial charge on any atom is -0.284 e. The zero-order valence-electron chi connectivity index (χ0n) is 15.5. The van der Waals surface area contributed by atoms with E-state index in [0.717, 1.165) is 16.9 Å². The van der Waals surface area contributed by atoms with Crippen molar-refractivity contribution < 1.29 is 21.8 Å². The first kappa shape index (κ1) is 20.7. The summed E-state index contributed by atoms with van der Waals surface area (Å²) in [5.41, 5.74) is 1.77. The van der Waals surface area contributed by atoms with Gasteiger partial charge in [-0.3, -0.25) is 14.8 Å². The quantitative estimate of drug-likeness (QED) is 0.541. The molecule has 0 aliphatic carbocycles. The number of nitrogens with one attached hydrogen (secondary N) is 1. The van der Waals surface area contributed by atoms with Gasteiger partial charge in [-0.2, -0.15) is 9.52 Å². The zero-order valence-corrected chi connectivity index (χ0v) is 17.1. The molecule has 1 aliphatic rings. The zero-order chi connectivity index (χ0) is 21.4. The Labute approximate surface area is 168 Å². The summed E-state index contributed by atoms with van der Waals surface area (Å²) >= 11 is 0. The molecule has 1 N–H and O–H groups in total. The second-order valence-electron chi connectivity index (χ2n) is 6.61. The van der Waals surface area contributed by atoms with Crippen molar-refractivity contribution in [2.75, 3.05) is 17.2 Å². The van der Waals surface area contributed by atoms with Crippen LogP contribution < -0.4 is 4.72 Å². The van der Waals surface area contributed by atoms with Gasteiger partial charge in [-0.1, -0.05) is 24.3 Å². The number of benzene rings is 2. The molecule has 10 nitrogen and oxygen atoms in total. The fourth-order valence-corrected chi connectivity index (χ4v) is 4.48. The highest BCUT2D eigenvalue weighted by Crippen LogP contribution is 2.35. The third-order valence-electron chi connectivity index (χ3n) is 4.20. The highest BCUT2D eigenvalue weighted by atomic mass is 32.2. The lowest BCUT2D eigenvalue weighted by Gasteiger charge is -2.21. The highest BCUT2D eigenvalue weighted by molar-refractivity contribution is 7.92. The molecule has 12 heteroatoms. The van der Waals surface area contributed by atoms with Gasteiger partial charge in [0.05, 0.1) is 29.2 Å². The first-order valence-electron chi connectivity index (χ1n) is 8.33. The van der Waals surface area contributed by atoms with Crippen LogP contribution in [0.1, 0.15) is 23.6 Å². The number of nitrogens with zero attached hydrogens (tertiary/aromatic N) is 3. The smallest absolute Gasteiger partial charge is 0.269 e. The van der Waals surface area contributed by atoms with Gasteiger partial charge in [0, 0.05) is 24.2 Å². The van der Waals surface area contributed by atoms with Gasteiger partial charge in [0.2, 0.25) is 20.0 Å². The maximum absolute atomic E-state index is 12.2. The lowest BCUT2D eigenvalue weighted by atomic mass is 9.99. The summed E-state index contributed by atoms with van der Waals surface area (Å²) in [4.78, 5) is 10.5. The van der Waals surface area contributed by atoms with E-state index in [4.69, 9.17) is 0 Å². The van der Waals surface area contributed by atoms with Crippen LogP contribution >= 0.6 is 0 Å². The van der Waals surface area contributed by atoms with Gasteiger partial charge < -0.3 is 0 Å². The Hall–Kier alpha value is -2.99. The average Bonchev–Trinajstić information content (AvgIpc) is 3.07. The van der Waals surface area contributed by atoms with Crippen molar-refractivity contribution in [3.63, 3.8) is 0 Å². The molecule has 0 unspecified atom stereocenters. The second-order valence-corrected chi connectivity index (χ2v) is 10.2. The van der Waals surface area contributed by atoms with Gasteiger partial charge in [0.25, 0.3) is 5.69 Å². The van der Waals surface area contributed by atoms with Gasteiger partial charge in [-0.15, -0.1) is 0 Å². The van der Waals surface area contributed by atoms with Crippen LogP contribution in [0.15, 0.2) is 53.6 Å². The summed E-state index contributed by atoms with van der Waals surface area (Å²) < 4.78 is 50.4. The van der Waals surface area contributed by atoms with E-state index < -0.39 is 31.0 Å². The average molecular weight is 438 g/mol. The molecule has 0 aromatic heterocycles. The summed E-state index contributed by atoms with van der Waals surface area (Å²) in [7, 11) is -7.14. The van der Waals surface area contributed by atoms with Crippen molar-refractivity contribution in [2.24, 2.45) is 5.10 Å². The summed E-state index contributed by atoms with van der Waals surface area (Å²) in [5.74, 6) is 0. The highest BCUT2D eigenvalue weighted by Gasteiger charge is 2.35. The Morgan fingerprint density at radius 3 is 2.31 bits per heavy atom. The molecule has 0 saturated heterocycles. The molecule has 0 spiro atoms. The molecule has 3 rings (SSSR count). The Morgan fingerprint density at radius 2 is 1.76 bits per heavy atom. The minimum atomic E-state index is -3.72. The third kappa shape index (κ3) is 4.90. The van der Waals surface area contributed by atoms with E-state index in [0.29, 0.717) is 22.5 Å². The van der Waals surface area contributed by atoms with E-state index in [1.165, 1.54) is 18.2 Å². The normalized spacial score (nSPS) is 17.1. The molecule has 1 aliphatic heterocycles. The summed E-state index contributed by atoms with van der Waals surface area (Å²) in [5, 5.41) is 15.3. The molecule has 0 fully saturated rings. The molecule has 0 amide bonds. The number of hydrogen-bond acceptors (Lipinski definition) is 7. The monoisotopic (exact) mass is 438 g/mol. The maximum atomic E-state index is 12.2. The van der Waals surface area contributed by atoms with Crippen molar-refractivity contribution in [1.82, 2.24) is 4.41 Å². The van der Waals surface area contributed by atoms with E-state index >= 15 is 0 Å². The third-order valence-corrected chi connectivity index (χ3v) is 5.82. The first-order valence-corrected chi connectivity index (χ1v) is 12.1. The molecule has 2 aromatic rings. The number of hydrogen-bond donors (Lipinski definition) is 1. The molecular formula is C17H18N4O6S2. The summed E-state index contributed by atoms with van der Waals surface area (Å²) in [6.45, 7) is 0. The van der Waals surface area contributed by atoms with Crippen LogP contribution in [0.2, 0.25) is 0 Å². The first-order chi connectivity index (χ1) is 13.4. The summed E-state index contributed by atoms with van der Waals surface area (Å²) in [6.07, 6.45) is 2.27. The number of anilines is 1. The number of non-ortho nitro benzene ring substituents is 1. The SMILES string of the molecule is CS(=O)(=O)Nc1ccc(C2=NN(S(C)(=O)=O)[C@H](c3cccc([N+](=O)[O-])c3)C2)cc1. The number of nitro groups is 1. The van der Waals surface area contributed by atoms with E-state index in [1.807, 2.05) is 0 Å². The van der Waals surface area contributed by atoms with Crippen LogP contribution in [0, 0.1) is 10.1 Å². The van der Waals surface area contributed by atoms with Crippen molar-refractivity contribution >= 4 is 37.1 Å². The van der Waals surface area contributed by atoms with Crippen LogP contribution in [0.25, 0.3) is 0 Å². The number of rotatable bonds is 6. The van der Waals surface area contributed by atoms with E-state index in [-0.39, 0.29) is 12.1 Å². The van der Waals surface area contributed by atoms with Gasteiger partial charge in [0.15, 0.2) is 0 Å². The fourth-order valence-electron chi connectivity index (χ4n) is 3.01. The van der Waals surface area contributed by atoms with E-state index in [1.54, 1.807) is 30.3 Å². The van der Waals surface area contributed by atoms with Gasteiger partial charge in [-0.25, -0.2) is 16.8 Å². The van der Waals surface area contributed by atoms with E-state index in [9.17, 15) is 26.9 Å². The van der Waals surface area contributed by atoms with Gasteiger partial charge >= 0.3 is 0 Å². The van der Waals surface area contributed by atoms with E-state index in [2.05, 4.69) is 9.82 Å². The topological polar surface area (TPSA) is 139 Å².